The first-order valence-corrected chi connectivity index (χ1v) is 5.65. The molecule has 0 unspecified atom stereocenters. The van der Waals surface area contributed by atoms with Gasteiger partial charge in [0.05, 0.1) is 12.0 Å². The molecule has 2 rings (SSSR count). The van der Waals surface area contributed by atoms with E-state index >= 15 is 0 Å². The normalized spacial score (nSPS) is 10.7. The van der Waals surface area contributed by atoms with E-state index in [1.54, 1.807) is 10.7 Å². The fourth-order valence-electron chi connectivity index (χ4n) is 1.70. The highest BCUT2D eigenvalue weighted by molar-refractivity contribution is 5.86. The second-order valence-corrected chi connectivity index (χ2v) is 3.99. The molecule has 0 spiro atoms. The number of aryl methyl sites for hydroxylation is 1. The van der Waals surface area contributed by atoms with Gasteiger partial charge in [-0.15, -0.1) is 0 Å². The van der Waals surface area contributed by atoms with Gasteiger partial charge in [-0.1, -0.05) is 0 Å². The minimum Gasteiger partial charge on any atom is -0.475 e. The minimum absolute atomic E-state index is 0.000311. The number of furan rings is 1. The lowest BCUT2D eigenvalue weighted by atomic mass is 10.2. The van der Waals surface area contributed by atoms with Gasteiger partial charge in [0.15, 0.2) is 0 Å². The van der Waals surface area contributed by atoms with Crippen LogP contribution in [0.4, 0.5) is 0 Å². The highest BCUT2D eigenvalue weighted by Crippen LogP contribution is 2.09. The van der Waals surface area contributed by atoms with E-state index in [0.29, 0.717) is 12.1 Å². The van der Waals surface area contributed by atoms with Crippen LogP contribution >= 0.6 is 0 Å². The number of aromatic nitrogens is 2. The molecule has 2 aromatic heterocycles. The van der Waals surface area contributed by atoms with Crippen molar-refractivity contribution in [3.05, 3.63) is 41.6 Å². The summed E-state index contributed by atoms with van der Waals surface area (Å²) < 4.78 is 6.65. The third-order valence-electron chi connectivity index (χ3n) is 2.58. The van der Waals surface area contributed by atoms with Gasteiger partial charge in [0, 0.05) is 38.3 Å². The maximum absolute atomic E-state index is 10.8. The zero-order chi connectivity index (χ0) is 13.0. The summed E-state index contributed by atoms with van der Waals surface area (Å²) in [6.45, 7) is 1.21. The Hall–Kier alpha value is -2.08. The highest BCUT2D eigenvalue weighted by atomic mass is 16.4. The maximum atomic E-state index is 10.8. The third kappa shape index (κ3) is 2.98. The van der Waals surface area contributed by atoms with E-state index in [1.165, 1.54) is 6.26 Å². The van der Waals surface area contributed by atoms with Gasteiger partial charge in [0.2, 0.25) is 5.76 Å². The number of nitrogens with zero attached hydrogens (tertiary/aromatic N) is 2. The number of carboxylic acids is 1. The molecule has 0 radical (unpaired) electrons. The molecule has 0 aliphatic rings. The predicted molar refractivity (Wildman–Crippen MR) is 64.3 cm³/mol. The van der Waals surface area contributed by atoms with Crippen molar-refractivity contribution in [3.8, 4) is 0 Å². The van der Waals surface area contributed by atoms with Crippen LogP contribution in [0.2, 0.25) is 0 Å². The molecular weight excluding hydrogens is 234 g/mol. The van der Waals surface area contributed by atoms with E-state index in [0.717, 1.165) is 18.7 Å². The van der Waals surface area contributed by atoms with Crippen LogP contribution in [-0.2, 0) is 20.0 Å². The molecule has 0 aliphatic heterocycles. The van der Waals surface area contributed by atoms with Crippen molar-refractivity contribution in [3.63, 3.8) is 0 Å². The van der Waals surface area contributed by atoms with Crippen LogP contribution in [0.5, 0.6) is 0 Å². The Morgan fingerprint density at radius 2 is 2.39 bits per heavy atom. The number of hydrogen-bond donors (Lipinski definition) is 2. The Morgan fingerprint density at radius 3 is 3.06 bits per heavy atom. The molecule has 96 valence electrons. The SMILES string of the molecule is Cn1ccc(CCNCc2ccoc2C(=O)O)n1. The van der Waals surface area contributed by atoms with Crippen molar-refractivity contribution < 1.29 is 14.3 Å². The monoisotopic (exact) mass is 249 g/mol. The molecule has 0 saturated carbocycles. The smallest absolute Gasteiger partial charge is 0.372 e. The standard InChI is InChI=1S/C12H15N3O3/c1-15-6-3-10(14-15)2-5-13-8-9-4-7-18-11(9)12(16)17/h3-4,6-7,13H,2,5,8H2,1H3,(H,16,17). The van der Waals surface area contributed by atoms with Crippen LogP contribution in [0.25, 0.3) is 0 Å². The lowest BCUT2D eigenvalue weighted by Gasteiger charge is -2.02. The van der Waals surface area contributed by atoms with E-state index in [-0.39, 0.29) is 5.76 Å². The highest BCUT2D eigenvalue weighted by Gasteiger charge is 2.12. The molecule has 2 heterocycles. The quantitative estimate of drug-likeness (QED) is 0.748. The average Bonchev–Trinajstić information content (AvgIpc) is 2.93. The Labute approximate surface area is 104 Å². The van der Waals surface area contributed by atoms with Gasteiger partial charge >= 0.3 is 5.97 Å². The second kappa shape index (κ2) is 5.50. The fraction of sp³-hybridized carbons (Fsp3) is 0.333. The summed E-state index contributed by atoms with van der Waals surface area (Å²) in [5.41, 5.74) is 1.67. The van der Waals surface area contributed by atoms with Crippen LogP contribution < -0.4 is 5.32 Å². The summed E-state index contributed by atoms with van der Waals surface area (Å²) >= 11 is 0. The molecule has 6 heteroatoms. The lowest BCUT2D eigenvalue weighted by molar-refractivity contribution is 0.0660. The van der Waals surface area contributed by atoms with Crippen molar-refractivity contribution >= 4 is 5.97 Å². The molecule has 0 aromatic carbocycles. The molecule has 2 N–H and O–H groups in total. The van der Waals surface area contributed by atoms with Crippen molar-refractivity contribution in [2.45, 2.75) is 13.0 Å². The van der Waals surface area contributed by atoms with Gasteiger partial charge in [-0.05, 0) is 12.1 Å². The number of nitrogens with one attached hydrogen (secondary N) is 1. The number of rotatable bonds is 6. The van der Waals surface area contributed by atoms with Crippen molar-refractivity contribution in [1.29, 1.82) is 0 Å². The molecule has 0 bridgehead atoms. The number of carboxylic acid groups (broad SMARTS) is 1. The largest absolute Gasteiger partial charge is 0.475 e. The maximum Gasteiger partial charge on any atom is 0.372 e. The summed E-state index contributed by atoms with van der Waals surface area (Å²) in [5.74, 6) is -1.04. The Bertz CT molecular complexity index is 530. The molecule has 0 saturated heterocycles. The minimum atomic E-state index is -1.04. The molecule has 2 aromatic rings. The van der Waals surface area contributed by atoms with Gasteiger partial charge in [0.1, 0.15) is 0 Å². The molecule has 0 fully saturated rings. The fourth-order valence-corrected chi connectivity index (χ4v) is 1.70. The van der Waals surface area contributed by atoms with Gasteiger partial charge in [-0.3, -0.25) is 4.68 Å². The van der Waals surface area contributed by atoms with Gasteiger partial charge < -0.3 is 14.8 Å². The molecule has 6 nitrogen and oxygen atoms in total. The van der Waals surface area contributed by atoms with E-state index < -0.39 is 5.97 Å². The number of carbonyl (C=O) groups is 1. The predicted octanol–water partition coefficient (Wildman–Crippen LogP) is 1.04. The summed E-state index contributed by atoms with van der Waals surface area (Å²) in [5, 5.41) is 16.3. The summed E-state index contributed by atoms with van der Waals surface area (Å²) in [6, 6.07) is 3.62. The van der Waals surface area contributed by atoms with Crippen molar-refractivity contribution in [2.24, 2.45) is 7.05 Å². The van der Waals surface area contributed by atoms with Crippen LogP contribution in [0.3, 0.4) is 0 Å². The summed E-state index contributed by atoms with van der Waals surface area (Å²) in [7, 11) is 1.88. The Kier molecular flexibility index (Phi) is 3.78. The summed E-state index contributed by atoms with van der Waals surface area (Å²) in [6.07, 6.45) is 4.09. The van der Waals surface area contributed by atoms with E-state index in [1.807, 2.05) is 19.3 Å². The van der Waals surface area contributed by atoms with Crippen molar-refractivity contribution in [1.82, 2.24) is 15.1 Å². The van der Waals surface area contributed by atoms with Crippen LogP contribution in [0.15, 0.2) is 29.0 Å². The van der Waals surface area contributed by atoms with Crippen LogP contribution in [0, 0.1) is 0 Å². The first-order valence-electron chi connectivity index (χ1n) is 5.65. The molecule has 18 heavy (non-hydrogen) atoms. The topological polar surface area (TPSA) is 80.3 Å². The lowest BCUT2D eigenvalue weighted by Crippen LogP contribution is -2.18. The Morgan fingerprint density at radius 1 is 1.56 bits per heavy atom. The van der Waals surface area contributed by atoms with Gasteiger partial charge in [-0.2, -0.15) is 5.10 Å². The average molecular weight is 249 g/mol. The molecule has 0 amide bonds. The van der Waals surface area contributed by atoms with Gasteiger partial charge in [0.25, 0.3) is 0 Å². The van der Waals surface area contributed by atoms with E-state index in [4.69, 9.17) is 9.52 Å². The zero-order valence-electron chi connectivity index (χ0n) is 10.1. The van der Waals surface area contributed by atoms with Crippen LogP contribution in [-0.4, -0.2) is 27.4 Å². The summed E-state index contributed by atoms with van der Waals surface area (Å²) in [4.78, 5) is 10.8. The Balaban J connectivity index is 1.78. The van der Waals surface area contributed by atoms with E-state index in [2.05, 4.69) is 10.4 Å². The van der Waals surface area contributed by atoms with Crippen molar-refractivity contribution in [2.75, 3.05) is 6.54 Å². The second-order valence-electron chi connectivity index (χ2n) is 3.99. The third-order valence-corrected chi connectivity index (χ3v) is 2.58. The molecule has 0 atom stereocenters. The van der Waals surface area contributed by atoms with Crippen LogP contribution in [0.1, 0.15) is 21.8 Å². The molecular formula is C12H15N3O3. The van der Waals surface area contributed by atoms with Gasteiger partial charge in [-0.25, -0.2) is 4.79 Å². The number of aromatic carboxylic acids is 1. The first kappa shape index (κ1) is 12.4. The molecule has 0 aliphatic carbocycles. The first-order chi connectivity index (χ1) is 8.66. The zero-order valence-corrected chi connectivity index (χ0v) is 10.1. The van der Waals surface area contributed by atoms with E-state index in [9.17, 15) is 4.79 Å². The number of hydrogen-bond acceptors (Lipinski definition) is 4.